The Kier molecular flexibility index (Phi) is 12.7. The number of methoxy groups -OCH3 is 2. The molecule has 11 heteroatoms. The number of nitrogens with zero attached hydrogens (tertiary/aromatic N) is 2. The van der Waals surface area contributed by atoms with Crippen LogP contribution < -0.4 is 23.8 Å². The van der Waals surface area contributed by atoms with Crippen molar-refractivity contribution in [3.8, 4) is 17.2 Å². The molecule has 0 spiro atoms. The fraction of sp³-hybridized carbons (Fsp3) is 0.412. The van der Waals surface area contributed by atoms with E-state index in [1.165, 1.54) is 37.3 Å². The highest BCUT2D eigenvalue weighted by molar-refractivity contribution is 7.92. The van der Waals surface area contributed by atoms with Gasteiger partial charge >= 0.3 is 0 Å². The summed E-state index contributed by atoms with van der Waals surface area (Å²) < 4.78 is 45.8. The summed E-state index contributed by atoms with van der Waals surface area (Å²) in [5, 5.41) is 2.94. The second kappa shape index (κ2) is 16.2. The highest BCUT2D eigenvalue weighted by Crippen LogP contribution is 2.33. The molecule has 0 radical (unpaired) electrons. The molecule has 3 rings (SSSR count). The van der Waals surface area contributed by atoms with Crippen LogP contribution in [0.1, 0.15) is 45.2 Å². The Balaban J connectivity index is 2.10. The van der Waals surface area contributed by atoms with Crippen LogP contribution in [0.5, 0.6) is 17.2 Å². The van der Waals surface area contributed by atoms with Crippen molar-refractivity contribution in [1.29, 1.82) is 0 Å². The normalized spacial score (nSPS) is 11.9. The van der Waals surface area contributed by atoms with Crippen LogP contribution >= 0.6 is 0 Å². The van der Waals surface area contributed by atoms with Crippen molar-refractivity contribution in [3.63, 3.8) is 0 Å². The van der Waals surface area contributed by atoms with Crippen LogP contribution in [0, 0.1) is 12.8 Å². The van der Waals surface area contributed by atoms with Gasteiger partial charge in [-0.25, -0.2) is 8.42 Å². The van der Waals surface area contributed by atoms with Crippen molar-refractivity contribution < 1.29 is 32.2 Å². The van der Waals surface area contributed by atoms with Crippen LogP contribution in [0.2, 0.25) is 0 Å². The summed E-state index contributed by atoms with van der Waals surface area (Å²) >= 11 is 0. The number of carbonyl (C=O) groups excluding carboxylic acids is 2. The zero-order chi connectivity index (χ0) is 33.1. The number of anilines is 1. The zero-order valence-corrected chi connectivity index (χ0v) is 28.0. The molecule has 0 aliphatic carbocycles. The lowest BCUT2D eigenvalue weighted by Crippen LogP contribution is -2.52. The zero-order valence-electron chi connectivity index (χ0n) is 27.2. The first-order valence-corrected chi connectivity index (χ1v) is 16.5. The van der Waals surface area contributed by atoms with E-state index in [-0.39, 0.29) is 34.7 Å². The summed E-state index contributed by atoms with van der Waals surface area (Å²) in [6.07, 6.45) is 0.340. The lowest BCUT2D eigenvalue weighted by molar-refractivity contribution is -0.140. The molecular weight excluding hydrogens is 594 g/mol. The van der Waals surface area contributed by atoms with Crippen molar-refractivity contribution in [2.45, 2.75) is 58.5 Å². The van der Waals surface area contributed by atoms with Gasteiger partial charge < -0.3 is 24.4 Å². The van der Waals surface area contributed by atoms with Gasteiger partial charge in [-0.05, 0) is 68.1 Å². The largest absolute Gasteiger partial charge is 0.494 e. The van der Waals surface area contributed by atoms with Gasteiger partial charge in [0.2, 0.25) is 11.8 Å². The van der Waals surface area contributed by atoms with Crippen molar-refractivity contribution >= 4 is 27.5 Å². The minimum atomic E-state index is -4.31. The molecule has 2 amide bonds. The molecule has 0 aromatic heterocycles. The molecule has 0 heterocycles. The monoisotopic (exact) mass is 639 g/mol. The van der Waals surface area contributed by atoms with Gasteiger partial charge in [0.05, 0.1) is 31.4 Å². The Morgan fingerprint density at radius 1 is 0.911 bits per heavy atom. The number of ether oxygens (including phenoxy) is 3. The highest BCUT2D eigenvalue weighted by atomic mass is 32.2. The first-order valence-electron chi connectivity index (χ1n) is 15.0. The molecule has 0 unspecified atom stereocenters. The van der Waals surface area contributed by atoms with Gasteiger partial charge in [-0.15, -0.1) is 0 Å². The van der Waals surface area contributed by atoms with Gasteiger partial charge in [-0.3, -0.25) is 13.9 Å². The Hall–Kier alpha value is -4.25. The van der Waals surface area contributed by atoms with Crippen molar-refractivity contribution in [2.75, 3.05) is 38.2 Å². The quantitative estimate of drug-likeness (QED) is 0.230. The molecule has 0 fully saturated rings. The maximum Gasteiger partial charge on any atom is 0.264 e. The molecular formula is C34H45N3O7S. The van der Waals surface area contributed by atoms with Crippen LogP contribution in [0.4, 0.5) is 5.69 Å². The van der Waals surface area contributed by atoms with Crippen LogP contribution in [-0.4, -0.2) is 65.1 Å². The van der Waals surface area contributed by atoms with E-state index >= 15 is 0 Å². The average Bonchev–Trinajstić information content (AvgIpc) is 3.02. The van der Waals surface area contributed by atoms with Crippen LogP contribution in [0.25, 0.3) is 0 Å². The molecule has 3 aromatic carbocycles. The topological polar surface area (TPSA) is 114 Å². The predicted molar refractivity (Wildman–Crippen MR) is 175 cm³/mol. The number of sulfonamides is 1. The number of rotatable bonds is 16. The lowest BCUT2D eigenvalue weighted by atomic mass is 10.1. The summed E-state index contributed by atoms with van der Waals surface area (Å²) in [5.41, 5.74) is 2.09. The Morgan fingerprint density at radius 3 is 2.18 bits per heavy atom. The third-order valence-electron chi connectivity index (χ3n) is 7.16. The van der Waals surface area contributed by atoms with Gasteiger partial charge in [-0.2, -0.15) is 0 Å². The lowest BCUT2D eigenvalue weighted by Gasteiger charge is -2.33. The SMILES string of the molecule is CCOc1ccc(N(CC(=O)N(Cc2cccc(C)c2)[C@@H](CC)C(=O)NCC(C)C)S(=O)(=O)c2ccc(OC)c(OC)c2)cc1. The third kappa shape index (κ3) is 9.13. The Labute approximate surface area is 267 Å². The van der Waals surface area contributed by atoms with E-state index in [4.69, 9.17) is 14.2 Å². The molecule has 10 nitrogen and oxygen atoms in total. The molecule has 244 valence electrons. The standard InChI is InChI=1S/C34H45N3O7S/c1-8-30(34(39)35-21-24(3)4)36(22-26-12-10-11-25(5)19-26)33(38)23-37(27-13-15-28(16-14-27)44-9-2)45(40,41)29-17-18-31(42-6)32(20-29)43-7/h10-20,24,30H,8-9,21-23H2,1-7H3,(H,35,39)/t30-/m0/s1. The second-order valence-electron chi connectivity index (χ2n) is 11.0. The number of hydrogen-bond acceptors (Lipinski definition) is 7. The highest BCUT2D eigenvalue weighted by Gasteiger charge is 2.34. The number of carbonyl (C=O) groups is 2. The van der Waals surface area contributed by atoms with Crippen molar-refractivity contribution in [3.05, 3.63) is 77.9 Å². The molecule has 0 aliphatic heterocycles. The Morgan fingerprint density at radius 2 is 1.60 bits per heavy atom. The van der Waals surface area contributed by atoms with E-state index in [0.717, 1.165) is 15.4 Å². The molecule has 0 bridgehead atoms. The third-order valence-corrected chi connectivity index (χ3v) is 8.93. The van der Waals surface area contributed by atoms with Gasteiger partial charge in [0.15, 0.2) is 11.5 Å². The van der Waals surface area contributed by atoms with Crippen LogP contribution in [0.15, 0.2) is 71.6 Å². The van der Waals surface area contributed by atoms with E-state index < -0.39 is 28.5 Å². The van der Waals surface area contributed by atoms with Gasteiger partial charge in [-0.1, -0.05) is 50.6 Å². The summed E-state index contributed by atoms with van der Waals surface area (Å²) in [6, 6.07) is 17.6. The van der Waals surface area contributed by atoms with E-state index in [0.29, 0.717) is 31.1 Å². The summed E-state index contributed by atoms with van der Waals surface area (Å²) in [5.74, 6) is 0.552. The van der Waals surface area contributed by atoms with Crippen molar-refractivity contribution in [2.24, 2.45) is 5.92 Å². The molecule has 0 saturated heterocycles. The predicted octanol–water partition coefficient (Wildman–Crippen LogP) is 5.19. The number of hydrogen-bond donors (Lipinski definition) is 1. The first-order chi connectivity index (χ1) is 21.4. The number of nitrogens with one attached hydrogen (secondary N) is 1. The van der Waals surface area contributed by atoms with Gasteiger partial charge in [0.1, 0.15) is 18.3 Å². The molecule has 1 N–H and O–H groups in total. The molecule has 3 aromatic rings. The summed E-state index contributed by atoms with van der Waals surface area (Å²) in [4.78, 5) is 29.1. The number of aryl methyl sites for hydroxylation is 1. The second-order valence-corrected chi connectivity index (χ2v) is 12.9. The average molecular weight is 640 g/mol. The number of amides is 2. The van der Waals surface area contributed by atoms with Gasteiger partial charge in [0.25, 0.3) is 10.0 Å². The Bertz CT molecular complexity index is 1540. The summed E-state index contributed by atoms with van der Waals surface area (Å²) in [7, 11) is -1.43. The van der Waals surface area contributed by atoms with Crippen LogP contribution in [-0.2, 0) is 26.2 Å². The molecule has 1 atom stereocenters. The maximum atomic E-state index is 14.3. The number of benzene rings is 3. The molecule has 45 heavy (non-hydrogen) atoms. The van der Waals surface area contributed by atoms with Gasteiger partial charge in [0, 0.05) is 19.2 Å². The van der Waals surface area contributed by atoms with E-state index in [2.05, 4.69) is 5.32 Å². The minimum absolute atomic E-state index is 0.0891. The van der Waals surface area contributed by atoms with Crippen molar-refractivity contribution in [1.82, 2.24) is 10.2 Å². The molecule has 0 aliphatic rings. The minimum Gasteiger partial charge on any atom is -0.494 e. The fourth-order valence-corrected chi connectivity index (χ4v) is 6.29. The van der Waals surface area contributed by atoms with E-state index in [1.807, 2.05) is 58.9 Å². The first kappa shape index (κ1) is 35.2. The maximum absolute atomic E-state index is 14.3. The molecule has 0 saturated carbocycles. The van der Waals surface area contributed by atoms with E-state index in [9.17, 15) is 18.0 Å². The summed E-state index contributed by atoms with van der Waals surface area (Å²) in [6.45, 7) is 10.1. The van der Waals surface area contributed by atoms with Crippen LogP contribution in [0.3, 0.4) is 0 Å². The smallest absolute Gasteiger partial charge is 0.264 e. The van der Waals surface area contributed by atoms with E-state index in [1.54, 1.807) is 24.3 Å². The fourth-order valence-electron chi connectivity index (χ4n) is 4.86.